The second kappa shape index (κ2) is 10.2. The summed E-state index contributed by atoms with van der Waals surface area (Å²) in [6.07, 6.45) is 6.42. The maximum Gasteiger partial charge on any atom is 0.224 e. The van der Waals surface area contributed by atoms with Crippen LogP contribution in [0.25, 0.3) is 0 Å². The van der Waals surface area contributed by atoms with Crippen LogP contribution in [0.3, 0.4) is 0 Å². The van der Waals surface area contributed by atoms with E-state index in [-0.39, 0.29) is 5.91 Å². The number of piperidine rings is 1. The molecule has 1 aliphatic heterocycles. The van der Waals surface area contributed by atoms with Crippen molar-refractivity contribution in [3.63, 3.8) is 0 Å². The number of aryl methyl sites for hydroxylation is 2. The highest BCUT2D eigenvalue weighted by Crippen LogP contribution is 2.26. The van der Waals surface area contributed by atoms with Crippen molar-refractivity contribution in [1.82, 2.24) is 9.97 Å². The lowest BCUT2D eigenvalue weighted by Crippen LogP contribution is -2.34. The summed E-state index contributed by atoms with van der Waals surface area (Å²) < 4.78 is 0. The topological polar surface area (TPSA) is 70.2 Å². The zero-order valence-electron chi connectivity index (χ0n) is 17.9. The SMILES string of the molecule is CCCNc1cc(N2CCC(CCC(=O)Nc3cc(C)ccc3C)CC2)ncn1. The molecule has 2 N–H and O–H groups in total. The summed E-state index contributed by atoms with van der Waals surface area (Å²) in [5, 5.41) is 6.40. The number of hydrogen-bond acceptors (Lipinski definition) is 5. The summed E-state index contributed by atoms with van der Waals surface area (Å²) >= 11 is 0. The minimum atomic E-state index is 0.114. The molecule has 0 spiro atoms. The lowest BCUT2D eigenvalue weighted by molar-refractivity contribution is -0.116. The largest absolute Gasteiger partial charge is 0.370 e. The van der Waals surface area contributed by atoms with Gasteiger partial charge in [0.1, 0.15) is 18.0 Å². The second-order valence-corrected chi connectivity index (χ2v) is 8.02. The minimum absolute atomic E-state index is 0.114. The van der Waals surface area contributed by atoms with Gasteiger partial charge < -0.3 is 15.5 Å². The second-order valence-electron chi connectivity index (χ2n) is 8.02. The third-order valence-corrected chi connectivity index (χ3v) is 5.59. The molecule has 3 rings (SSSR count). The van der Waals surface area contributed by atoms with Crippen LogP contribution in [0.15, 0.2) is 30.6 Å². The van der Waals surface area contributed by atoms with Crippen LogP contribution in [-0.4, -0.2) is 35.5 Å². The Labute approximate surface area is 174 Å². The van der Waals surface area contributed by atoms with Crippen LogP contribution in [-0.2, 0) is 4.79 Å². The Hall–Kier alpha value is -2.63. The van der Waals surface area contributed by atoms with E-state index in [0.717, 1.165) is 73.8 Å². The molecule has 1 aliphatic rings. The van der Waals surface area contributed by atoms with Crippen LogP contribution in [0.1, 0.15) is 50.2 Å². The molecule has 0 saturated carbocycles. The fourth-order valence-electron chi connectivity index (χ4n) is 3.74. The number of rotatable bonds is 8. The molecule has 156 valence electrons. The molecule has 6 nitrogen and oxygen atoms in total. The van der Waals surface area contributed by atoms with Crippen molar-refractivity contribution in [2.45, 2.75) is 52.9 Å². The average molecular weight is 396 g/mol. The molecule has 0 atom stereocenters. The van der Waals surface area contributed by atoms with Gasteiger partial charge in [0.05, 0.1) is 0 Å². The summed E-state index contributed by atoms with van der Waals surface area (Å²) in [6, 6.07) is 8.20. The van der Waals surface area contributed by atoms with E-state index in [2.05, 4.69) is 44.6 Å². The molecule has 0 unspecified atom stereocenters. The molecule has 1 aromatic carbocycles. The molecular weight excluding hydrogens is 362 g/mol. The van der Waals surface area contributed by atoms with E-state index < -0.39 is 0 Å². The predicted molar refractivity (Wildman–Crippen MR) is 120 cm³/mol. The molecule has 1 amide bonds. The normalized spacial score (nSPS) is 14.7. The van der Waals surface area contributed by atoms with Crippen molar-refractivity contribution in [2.24, 2.45) is 5.92 Å². The van der Waals surface area contributed by atoms with Gasteiger partial charge in [0.15, 0.2) is 0 Å². The smallest absolute Gasteiger partial charge is 0.224 e. The standard InChI is InChI=1S/C23H33N5O/c1-4-11-24-21-15-22(26-16-25-21)28-12-9-19(10-13-28)7-8-23(29)27-20-14-17(2)5-6-18(20)3/h5-6,14-16,19H,4,7-13H2,1-3H3,(H,27,29)(H,24,25,26). The Morgan fingerprint density at radius 1 is 1.17 bits per heavy atom. The summed E-state index contributed by atoms with van der Waals surface area (Å²) in [7, 11) is 0. The summed E-state index contributed by atoms with van der Waals surface area (Å²) in [5.41, 5.74) is 3.20. The number of nitrogens with zero attached hydrogens (tertiary/aromatic N) is 3. The number of aromatic nitrogens is 2. The first kappa shape index (κ1) is 21.1. The van der Waals surface area contributed by atoms with E-state index >= 15 is 0 Å². The highest BCUT2D eigenvalue weighted by atomic mass is 16.1. The van der Waals surface area contributed by atoms with Gasteiger partial charge in [0.25, 0.3) is 0 Å². The van der Waals surface area contributed by atoms with Gasteiger partial charge in [-0.1, -0.05) is 19.1 Å². The van der Waals surface area contributed by atoms with Crippen LogP contribution in [0, 0.1) is 19.8 Å². The molecule has 0 aliphatic carbocycles. The summed E-state index contributed by atoms with van der Waals surface area (Å²) in [5.74, 6) is 2.59. The zero-order chi connectivity index (χ0) is 20.6. The van der Waals surface area contributed by atoms with E-state index in [1.807, 2.05) is 26.0 Å². The van der Waals surface area contributed by atoms with Gasteiger partial charge in [-0.3, -0.25) is 4.79 Å². The van der Waals surface area contributed by atoms with Gasteiger partial charge in [-0.05, 0) is 62.6 Å². The average Bonchev–Trinajstić information content (AvgIpc) is 2.74. The summed E-state index contributed by atoms with van der Waals surface area (Å²) in [6.45, 7) is 9.09. The minimum Gasteiger partial charge on any atom is -0.370 e. The molecule has 29 heavy (non-hydrogen) atoms. The molecule has 1 saturated heterocycles. The Bertz CT molecular complexity index is 815. The zero-order valence-corrected chi connectivity index (χ0v) is 17.9. The fourth-order valence-corrected chi connectivity index (χ4v) is 3.74. The lowest BCUT2D eigenvalue weighted by atomic mass is 9.92. The number of nitrogens with one attached hydrogen (secondary N) is 2. The van der Waals surface area contributed by atoms with E-state index in [1.54, 1.807) is 6.33 Å². The van der Waals surface area contributed by atoms with Crippen LogP contribution >= 0.6 is 0 Å². The van der Waals surface area contributed by atoms with E-state index in [0.29, 0.717) is 12.3 Å². The lowest BCUT2D eigenvalue weighted by Gasteiger charge is -2.32. The van der Waals surface area contributed by atoms with Gasteiger partial charge in [0, 0.05) is 37.8 Å². The summed E-state index contributed by atoms with van der Waals surface area (Å²) in [4.78, 5) is 23.4. The first-order chi connectivity index (χ1) is 14.0. The van der Waals surface area contributed by atoms with Crippen molar-refractivity contribution >= 4 is 23.2 Å². The first-order valence-corrected chi connectivity index (χ1v) is 10.7. The monoisotopic (exact) mass is 395 g/mol. The predicted octanol–water partition coefficient (Wildman–Crippen LogP) is 4.55. The van der Waals surface area contributed by atoms with Crippen LogP contribution in [0.2, 0.25) is 0 Å². The van der Waals surface area contributed by atoms with Gasteiger partial charge in [-0.15, -0.1) is 0 Å². The highest BCUT2D eigenvalue weighted by Gasteiger charge is 2.21. The van der Waals surface area contributed by atoms with Crippen molar-refractivity contribution < 1.29 is 4.79 Å². The molecule has 6 heteroatoms. The first-order valence-electron chi connectivity index (χ1n) is 10.7. The molecule has 1 aromatic heterocycles. The van der Waals surface area contributed by atoms with E-state index in [4.69, 9.17) is 0 Å². The maximum absolute atomic E-state index is 12.4. The quantitative estimate of drug-likeness (QED) is 0.686. The van der Waals surface area contributed by atoms with Crippen molar-refractivity contribution in [2.75, 3.05) is 35.2 Å². The Balaban J connectivity index is 1.44. The molecule has 0 radical (unpaired) electrons. The van der Waals surface area contributed by atoms with E-state index in [1.165, 1.54) is 0 Å². The Kier molecular flexibility index (Phi) is 7.44. The van der Waals surface area contributed by atoms with Crippen LogP contribution < -0.4 is 15.5 Å². The highest BCUT2D eigenvalue weighted by molar-refractivity contribution is 5.91. The van der Waals surface area contributed by atoms with Crippen molar-refractivity contribution in [1.29, 1.82) is 0 Å². The van der Waals surface area contributed by atoms with Gasteiger partial charge in [-0.25, -0.2) is 9.97 Å². The van der Waals surface area contributed by atoms with Gasteiger partial charge in [0.2, 0.25) is 5.91 Å². The molecule has 0 bridgehead atoms. The molecule has 2 aromatic rings. The van der Waals surface area contributed by atoms with Crippen molar-refractivity contribution in [3.05, 3.63) is 41.7 Å². The molecule has 1 fully saturated rings. The number of carbonyl (C=O) groups excluding carboxylic acids is 1. The number of hydrogen-bond donors (Lipinski definition) is 2. The Morgan fingerprint density at radius 3 is 2.72 bits per heavy atom. The number of amides is 1. The van der Waals surface area contributed by atoms with Crippen molar-refractivity contribution in [3.8, 4) is 0 Å². The number of carbonyl (C=O) groups is 1. The third-order valence-electron chi connectivity index (χ3n) is 5.59. The maximum atomic E-state index is 12.4. The number of benzene rings is 1. The third kappa shape index (κ3) is 6.17. The molecular formula is C23H33N5O. The van der Waals surface area contributed by atoms with Crippen LogP contribution in [0.5, 0.6) is 0 Å². The van der Waals surface area contributed by atoms with Gasteiger partial charge >= 0.3 is 0 Å². The number of anilines is 3. The molecule has 2 heterocycles. The fraction of sp³-hybridized carbons (Fsp3) is 0.522. The van der Waals surface area contributed by atoms with E-state index in [9.17, 15) is 4.79 Å². The Morgan fingerprint density at radius 2 is 1.97 bits per heavy atom. The van der Waals surface area contributed by atoms with Gasteiger partial charge in [-0.2, -0.15) is 0 Å². The van der Waals surface area contributed by atoms with Crippen LogP contribution in [0.4, 0.5) is 17.3 Å².